The van der Waals surface area contributed by atoms with E-state index >= 15 is 0 Å². The maximum atomic E-state index is 13.4. The first kappa shape index (κ1) is 29.7. The molecular weight excluding hydrogens is 607 g/mol. The number of halogens is 3. The normalized spacial score (nSPS) is 13.4. The van der Waals surface area contributed by atoms with Crippen LogP contribution in [0.4, 0.5) is 34.5 Å². The van der Waals surface area contributed by atoms with Crippen LogP contribution in [-0.4, -0.2) is 38.4 Å². The fourth-order valence-corrected chi connectivity index (χ4v) is 5.60. The number of rotatable bonds is 7. The Kier molecular flexibility index (Phi) is 8.38. The third-order valence-electron chi connectivity index (χ3n) is 6.85. The molecule has 1 saturated heterocycles. The van der Waals surface area contributed by atoms with Gasteiger partial charge in [-0.3, -0.25) is 14.7 Å². The predicted molar refractivity (Wildman–Crippen MR) is 163 cm³/mol. The minimum Gasteiger partial charge on any atom is -0.424 e. The van der Waals surface area contributed by atoms with Crippen molar-refractivity contribution in [1.29, 1.82) is 0 Å². The van der Waals surface area contributed by atoms with E-state index in [-0.39, 0.29) is 23.3 Å². The van der Waals surface area contributed by atoms with Gasteiger partial charge in [0.05, 0.1) is 34.2 Å². The zero-order chi connectivity index (χ0) is 31.4. The van der Waals surface area contributed by atoms with Crippen LogP contribution in [-0.2, 0) is 11.0 Å². The summed E-state index contributed by atoms with van der Waals surface area (Å²) >= 11 is 1.45. The van der Waals surface area contributed by atoms with Gasteiger partial charge in [0.2, 0.25) is 5.91 Å². The van der Waals surface area contributed by atoms with E-state index in [1.165, 1.54) is 42.2 Å². The number of ether oxygens (including phenoxy) is 1. The molecule has 1 aliphatic rings. The molecule has 0 spiro atoms. The summed E-state index contributed by atoms with van der Waals surface area (Å²) in [6.07, 6.45) is 5.21. The molecule has 3 aromatic heterocycles. The van der Waals surface area contributed by atoms with Crippen LogP contribution in [0.25, 0.3) is 21.6 Å². The van der Waals surface area contributed by atoms with Crippen molar-refractivity contribution in [3.63, 3.8) is 0 Å². The van der Waals surface area contributed by atoms with Crippen molar-refractivity contribution in [1.82, 2.24) is 19.9 Å². The molecule has 0 unspecified atom stereocenters. The van der Waals surface area contributed by atoms with Crippen LogP contribution in [0.1, 0.15) is 24.8 Å². The monoisotopic (exact) mass is 631 g/mol. The van der Waals surface area contributed by atoms with E-state index in [1.807, 2.05) is 12.1 Å². The van der Waals surface area contributed by atoms with Crippen LogP contribution in [0.5, 0.6) is 11.8 Å². The summed E-state index contributed by atoms with van der Waals surface area (Å²) in [5, 5.41) is 5.68. The van der Waals surface area contributed by atoms with Crippen LogP contribution in [0.3, 0.4) is 0 Å². The smallest absolute Gasteiger partial charge is 0.416 e. The average Bonchev–Trinajstić information content (AvgIpc) is 3.53. The summed E-state index contributed by atoms with van der Waals surface area (Å²) in [5.41, 5.74) is 1.05. The number of anilines is 3. The zero-order valence-corrected chi connectivity index (χ0v) is 24.2. The number of urea groups is 1. The van der Waals surface area contributed by atoms with Gasteiger partial charge in [0.25, 0.3) is 0 Å². The Morgan fingerprint density at radius 2 is 1.71 bits per heavy atom. The number of benzene rings is 2. The lowest BCUT2D eigenvalue weighted by Gasteiger charge is -2.23. The third-order valence-corrected chi connectivity index (χ3v) is 7.92. The number of hydrogen-bond acceptors (Lipinski definition) is 8. The first-order valence-corrected chi connectivity index (χ1v) is 14.6. The second-order valence-electron chi connectivity index (χ2n) is 9.97. The fourth-order valence-electron chi connectivity index (χ4n) is 4.64. The van der Waals surface area contributed by atoms with Gasteiger partial charge < -0.3 is 15.4 Å². The number of amides is 3. The Morgan fingerprint density at radius 1 is 0.911 bits per heavy atom. The van der Waals surface area contributed by atoms with Crippen molar-refractivity contribution < 1.29 is 27.5 Å². The number of thiazole rings is 1. The van der Waals surface area contributed by atoms with Crippen molar-refractivity contribution in [3.8, 4) is 33.3 Å². The molecule has 0 bridgehead atoms. The van der Waals surface area contributed by atoms with Gasteiger partial charge in [-0.1, -0.05) is 23.5 Å². The number of nitrogens with zero attached hydrogens (tertiary/aromatic N) is 5. The van der Waals surface area contributed by atoms with Gasteiger partial charge in [0.1, 0.15) is 5.75 Å². The van der Waals surface area contributed by atoms with Gasteiger partial charge in [-0.15, -0.1) is 0 Å². The molecule has 45 heavy (non-hydrogen) atoms. The molecule has 0 atom stereocenters. The molecule has 14 heteroatoms. The van der Waals surface area contributed by atoms with E-state index in [2.05, 4.69) is 30.6 Å². The Labute approximate surface area is 259 Å². The van der Waals surface area contributed by atoms with E-state index in [0.717, 1.165) is 35.4 Å². The molecule has 10 nitrogen and oxygen atoms in total. The van der Waals surface area contributed by atoms with Crippen LogP contribution in [0.15, 0.2) is 85.6 Å². The highest BCUT2D eigenvalue weighted by Crippen LogP contribution is 2.36. The number of aromatic nitrogens is 4. The second kappa shape index (κ2) is 12.7. The lowest BCUT2D eigenvalue weighted by molar-refractivity contribution is -0.137. The predicted octanol–water partition coefficient (Wildman–Crippen LogP) is 7.63. The van der Waals surface area contributed by atoms with Crippen molar-refractivity contribution in [2.45, 2.75) is 25.4 Å². The molecule has 2 aromatic carbocycles. The maximum absolute atomic E-state index is 13.4. The number of pyridine rings is 1. The minimum atomic E-state index is -4.59. The molecule has 2 N–H and O–H groups in total. The molecule has 4 heterocycles. The van der Waals surface area contributed by atoms with Crippen LogP contribution < -0.4 is 20.3 Å². The van der Waals surface area contributed by atoms with Gasteiger partial charge in [-0.2, -0.15) is 13.2 Å². The highest BCUT2D eigenvalue weighted by Gasteiger charge is 2.31. The number of hydrogen-bond donors (Lipinski definition) is 2. The lowest BCUT2D eigenvalue weighted by atomic mass is 10.0. The summed E-state index contributed by atoms with van der Waals surface area (Å²) in [6.45, 7) is 0.681. The number of piperidine rings is 1. The van der Waals surface area contributed by atoms with E-state index in [0.29, 0.717) is 35.0 Å². The average molecular weight is 632 g/mol. The number of nitrogens with one attached hydrogen (secondary N) is 2. The number of carbonyl (C=O) groups excluding carboxylic acids is 2. The SMILES string of the molecule is O=C(Nc1cnc(Oc2ccc(-c3cnc(N4CCCCC4=O)s3)cc2)nc1)Nc1cc(C(F)(F)F)ccc1-c1cccnc1. The summed E-state index contributed by atoms with van der Waals surface area (Å²) in [4.78, 5) is 44.2. The molecule has 6 rings (SSSR count). The van der Waals surface area contributed by atoms with E-state index < -0.39 is 17.8 Å². The van der Waals surface area contributed by atoms with E-state index in [4.69, 9.17) is 4.74 Å². The highest BCUT2D eigenvalue weighted by atomic mass is 32.1. The number of carbonyl (C=O) groups is 2. The standard InChI is InChI=1S/C31H24F3N7O3S/c32-31(33,34)21-8-11-24(20-4-3-12-35-15-20)25(14-21)40-28(43)39-22-16-36-29(37-17-22)44-23-9-6-19(7-10-23)26-18-38-30(45-26)41-13-2-1-5-27(41)42/h3-4,6-12,14-18H,1-2,5,13H2,(H2,39,40,43). The lowest BCUT2D eigenvalue weighted by Crippen LogP contribution is -2.34. The fraction of sp³-hybridized carbons (Fsp3) is 0.161. The molecular formula is C31H24F3N7O3S. The van der Waals surface area contributed by atoms with Crippen molar-refractivity contribution in [2.24, 2.45) is 0 Å². The van der Waals surface area contributed by atoms with Crippen LogP contribution in [0.2, 0.25) is 0 Å². The highest BCUT2D eigenvalue weighted by molar-refractivity contribution is 7.19. The molecule has 228 valence electrons. The Bertz CT molecular complexity index is 1820. The molecule has 5 aromatic rings. The molecule has 1 aliphatic heterocycles. The van der Waals surface area contributed by atoms with Gasteiger partial charge in [0.15, 0.2) is 5.13 Å². The Morgan fingerprint density at radius 3 is 2.42 bits per heavy atom. The van der Waals surface area contributed by atoms with Crippen LogP contribution >= 0.6 is 11.3 Å². The minimum absolute atomic E-state index is 0.0223. The quantitative estimate of drug-likeness (QED) is 0.189. The topological polar surface area (TPSA) is 122 Å². The van der Waals surface area contributed by atoms with E-state index in [1.54, 1.807) is 35.4 Å². The van der Waals surface area contributed by atoms with Crippen molar-refractivity contribution >= 4 is 39.8 Å². The molecule has 0 aliphatic carbocycles. The maximum Gasteiger partial charge on any atom is 0.416 e. The Balaban J connectivity index is 1.08. The third kappa shape index (κ3) is 7.07. The summed E-state index contributed by atoms with van der Waals surface area (Å²) in [7, 11) is 0. The summed E-state index contributed by atoms with van der Waals surface area (Å²) < 4.78 is 45.8. The molecule has 0 saturated carbocycles. The molecule has 3 amide bonds. The first-order chi connectivity index (χ1) is 21.7. The van der Waals surface area contributed by atoms with Crippen LogP contribution in [0, 0.1) is 0 Å². The first-order valence-electron chi connectivity index (χ1n) is 13.8. The zero-order valence-electron chi connectivity index (χ0n) is 23.4. The van der Waals surface area contributed by atoms with Gasteiger partial charge in [0, 0.05) is 42.7 Å². The summed E-state index contributed by atoms with van der Waals surface area (Å²) in [5.74, 6) is 0.569. The van der Waals surface area contributed by atoms with Gasteiger partial charge in [-0.25, -0.2) is 19.7 Å². The van der Waals surface area contributed by atoms with Gasteiger partial charge in [-0.05, 0) is 60.9 Å². The second-order valence-corrected chi connectivity index (χ2v) is 11.0. The summed E-state index contributed by atoms with van der Waals surface area (Å²) in [6, 6.07) is 12.9. The van der Waals surface area contributed by atoms with Crippen molar-refractivity contribution in [3.05, 3.63) is 91.1 Å². The van der Waals surface area contributed by atoms with Crippen molar-refractivity contribution in [2.75, 3.05) is 22.1 Å². The Hall–Kier alpha value is -5.37. The van der Waals surface area contributed by atoms with E-state index in [9.17, 15) is 22.8 Å². The number of alkyl halides is 3. The molecule has 1 fully saturated rings. The van der Waals surface area contributed by atoms with Gasteiger partial charge >= 0.3 is 18.2 Å². The molecule has 0 radical (unpaired) electrons. The largest absolute Gasteiger partial charge is 0.424 e.